The van der Waals surface area contributed by atoms with Gasteiger partial charge in [0, 0.05) is 40.6 Å². The SMILES string of the molecule is CN1C(=O)c2cccc3c(C#Cc4ccc(/C=C/C5C=CC=C5)cc4)ccc(c23)C1=O. The molecule has 0 bridgehead atoms. The zero-order valence-corrected chi connectivity index (χ0v) is 17.0. The van der Waals surface area contributed by atoms with E-state index < -0.39 is 0 Å². The summed E-state index contributed by atoms with van der Waals surface area (Å²) in [4.78, 5) is 26.2. The maximum atomic E-state index is 12.5. The molecule has 0 saturated carbocycles. The Morgan fingerprint density at radius 1 is 0.839 bits per heavy atom. The molecule has 0 aromatic heterocycles. The van der Waals surface area contributed by atoms with Crippen LogP contribution in [0.15, 0.2) is 85.0 Å². The van der Waals surface area contributed by atoms with Gasteiger partial charge in [-0.1, -0.05) is 72.6 Å². The number of carbonyl (C=O) groups excluding carboxylic acids is 2. The summed E-state index contributed by atoms with van der Waals surface area (Å²) in [6, 6.07) is 17.2. The van der Waals surface area contributed by atoms with E-state index in [0.29, 0.717) is 22.4 Å². The van der Waals surface area contributed by atoms with E-state index in [1.807, 2.05) is 42.5 Å². The third-order valence-electron chi connectivity index (χ3n) is 5.65. The van der Waals surface area contributed by atoms with E-state index in [0.717, 1.165) is 27.0 Å². The molecule has 3 aromatic carbocycles. The van der Waals surface area contributed by atoms with Crippen molar-refractivity contribution < 1.29 is 9.59 Å². The highest BCUT2D eigenvalue weighted by atomic mass is 16.2. The molecule has 1 aliphatic carbocycles. The highest BCUT2D eigenvalue weighted by molar-refractivity contribution is 6.25. The predicted octanol–water partition coefficient (Wildman–Crippen LogP) is 5.22. The summed E-state index contributed by atoms with van der Waals surface area (Å²) in [7, 11) is 1.51. The van der Waals surface area contributed by atoms with Gasteiger partial charge in [0.15, 0.2) is 0 Å². The Labute approximate surface area is 181 Å². The van der Waals surface area contributed by atoms with E-state index in [2.05, 4.69) is 48.3 Å². The smallest absolute Gasteiger partial charge is 0.261 e. The van der Waals surface area contributed by atoms with Gasteiger partial charge < -0.3 is 0 Å². The fraction of sp³-hybridized carbons (Fsp3) is 0.0714. The average Bonchev–Trinajstić information content (AvgIpc) is 3.33. The first-order valence-electron chi connectivity index (χ1n) is 10.2. The first kappa shape index (κ1) is 18.8. The minimum Gasteiger partial charge on any atom is -0.277 e. The Kier molecular flexibility index (Phi) is 4.61. The lowest BCUT2D eigenvalue weighted by atomic mass is 9.91. The number of nitrogens with zero attached hydrogens (tertiary/aromatic N) is 1. The van der Waals surface area contributed by atoms with Crippen molar-refractivity contribution in [1.82, 2.24) is 4.90 Å². The lowest BCUT2D eigenvalue weighted by Crippen LogP contribution is -2.36. The van der Waals surface area contributed by atoms with Crippen LogP contribution in [0, 0.1) is 17.8 Å². The number of allylic oxidation sites excluding steroid dienone is 5. The molecule has 0 atom stereocenters. The molecule has 0 spiro atoms. The van der Waals surface area contributed by atoms with Crippen LogP contribution in [0.1, 0.15) is 37.4 Å². The fourth-order valence-electron chi connectivity index (χ4n) is 3.94. The number of hydrogen-bond donors (Lipinski definition) is 0. The van der Waals surface area contributed by atoms with E-state index in [-0.39, 0.29) is 11.8 Å². The summed E-state index contributed by atoms with van der Waals surface area (Å²) >= 11 is 0. The van der Waals surface area contributed by atoms with Crippen LogP contribution in [-0.2, 0) is 0 Å². The summed E-state index contributed by atoms with van der Waals surface area (Å²) in [6.45, 7) is 0. The third-order valence-corrected chi connectivity index (χ3v) is 5.65. The third kappa shape index (κ3) is 3.39. The quantitative estimate of drug-likeness (QED) is 0.436. The molecular formula is C28H19NO2. The second-order valence-corrected chi connectivity index (χ2v) is 7.64. The summed E-state index contributed by atoms with van der Waals surface area (Å²) in [6.07, 6.45) is 12.7. The molecule has 2 amide bonds. The van der Waals surface area contributed by atoms with Gasteiger partial charge in [-0.05, 0) is 41.3 Å². The highest BCUT2D eigenvalue weighted by Crippen LogP contribution is 2.31. The van der Waals surface area contributed by atoms with Gasteiger partial charge in [-0.15, -0.1) is 0 Å². The summed E-state index contributed by atoms with van der Waals surface area (Å²) in [5, 5.41) is 1.52. The minimum atomic E-state index is -0.277. The Bertz CT molecular complexity index is 1340. The molecule has 1 aliphatic heterocycles. The van der Waals surface area contributed by atoms with E-state index in [4.69, 9.17) is 0 Å². The van der Waals surface area contributed by atoms with Crippen molar-refractivity contribution in [2.24, 2.45) is 5.92 Å². The molecule has 0 N–H and O–H groups in total. The standard InChI is InChI=1S/C28H19NO2/c1-29-27(30)24-8-4-7-23-22(17-18-25(26(23)24)28(29)31)16-15-21-13-11-20(12-14-21)10-9-19-5-2-3-6-19/h2-14,17-19H,1H3/b10-9+. The second kappa shape index (κ2) is 7.59. The number of amides is 2. The molecule has 3 aromatic rings. The first-order valence-corrected chi connectivity index (χ1v) is 10.2. The van der Waals surface area contributed by atoms with Crippen molar-refractivity contribution in [3.8, 4) is 11.8 Å². The van der Waals surface area contributed by atoms with Crippen molar-refractivity contribution in [3.05, 3.63) is 113 Å². The molecule has 3 heteroatoms. The van der Waals surface area contributed by atoms with E-state index in [1.165, 1.54) is 7.05 Å². The number of carbonyl (C=O) groups is 2. The van der Waals surface area contributed by atoms with Crippen LogP contribution in [0.2, 0.25) is 0 Å². The molecule has 0 unspecified atom stereocenters. The van der Waals surface area contributed by atoms with Crippen LogP contribution >= 0.6 is 0 Å². The van der Waals surface area contributed by atoms with Gasteiger partial charge in [0.25, 0.3) is 11.8 Å². The normalized spacial score (nSPS) is 15.2. The highest BCUT2D eigenvalue weighted by Gasteiger charge is 2.30. The van der Waals surface area contributed by atoms with E-state index in [9.17, 15) is 9.59 Å². The van der Waals surface area contributed by atoms with Gasteiger partial charge in [-0.25, -0.2) is 0 Å². The maximum Gasteiger partial charge on any atom is 0.261 e. The van der Waals surface area contributed by atoms with Gasteiger partial charge in [-0.3, -0.25) is 14.5 Å². The van der Waals surface area contributed by atoms with Crippen molar-refractivity contribution in [2.75, 3.05) is 7.05 Å². The zero-order valence-electron chi connectivity index (χ0n) is 17.0. The minimum absolute atomic E-state index is 0.277. The monoisotopic (exact) mass is 401 g/mol. The summed E-state index contributed by atoms with van der Waals surface area (Å²) < 4.78 is 0. The fourth-order valence-corrected chi connectivity index (χ4v) is 3.94. The van der Waals surface area contributed by atoms with E-state index >= 15 is 0 Å². The topological polar surface area (TPSA) is 37.4 Å². The molecule has 148 valence electrons. The lowest BCUT2D eigenvalue weighted by molar-refractivity contribution is 0.0650. The molecule has 5 rings (SSSR count). The van der Waals surface area contributed by atoms with Gasteiger partial charge in [-0.2, -0.15) is 0 Å². The van der Waals surface area contributed by atoms with Gasteiger partial charge in [0.2, 0.25) is 0 Å². The van der Waals surface area contributed by atoms with Crippen molar-refractivity contribution in [3.63, 3.8) is 0 Å². The van der Waals surface area contributed by atoms with Crippen LogP contribution in [-0.4, -0.2) is 23.8 Å². The van der Waals surface area contributed by atoms with Gasteiger partial charge in [0.1, 0.15) is 0 Å². The van der Waals surface area contributed by atoms with Crippen LogP contribution in [0.5, 0.6) is 0 Å². The molecule has 0 fully saturated rings. The van der Waals surface area contributed by atoms with Crippen LogP contribution in [0.4, 0.5) is 0 Å². The van der Waals surface area contributed by atoms with Crippen molar-refractivity contribution >= 4 is 28.7 Å². The number of benzene rings is 3. The summed E-state index contributed by atoms with van der Waals surface area (Å²) in [5.41, 5.74) is 3.92. The number of imide groups is 1. The first-order chi connectivity index (χ1) is 15.1. The zero-order chi connectivity index (χ0) is 21.4. The molecule has 1 heterocycles. The predicted molar refractivity (Wildman–Crippen MR) is 124 cm³/mol. The molecule has 2 aliphatic rings. The van der Waals surface area contributed by atoms with Crippen molar-refractivity contribution in [2.45, 2.75) is 0 Å². The Morgan fingerprint density at radius 3 is 2.29 bits per heavy atom. The number of rotatable bonds is 2. The molecule has 3 nitrogen and oxygen atoms in total. The number of hydrogen-bond acceptors (Lipinski definition) is 2. The molecule has 31 heavy (non-hydrogen) atoms. The summed E-state index contributed by atoms with van der Waals surface area (Å²) in [5.74, 6) is 6.24. The lowest BCUT2D eigenvalue weighted by Gasteiger charge is -2.23. The van der Waals surface area contributed by atoms with Gasteiger partial charge in [0.05, 0.1) is 0 Å². The van der Waals surface area contributed by atoms with Crippen LogP contribution < -0.4 is 0 Å². The Hall–Kier alpha value is -4.16. The average molecular weight is 401 g/mol. The van der Waals surface area contributed by atoms with E-state index in [1.54, 1.807) is 12.1 Å². The van der Waals surface area contributed by atoms with Gasteiger partial charge >= 0.3 is 0 Å². The van der Waals surface area contributed by atoms with Crippen LogP contribution in [0.3, 0.4) is 0 Å². The molecule has 0 radical (unpaired) electrons. The van der Waals surface area contributed by atoms with Crippen molar-refractivity contribution in [1.29, 1.82) is 0 Å². The maximum absolute atomic E-state index is 12.5. The largest absolute Gasteiger partial charge is 0.277 e. The second-order valence-electron chi connectivity index (χ2n) is 7.64. The van der Waals surface area contributed by atoms with Crippen LogP contribution in [0.25, 0.3) is 16.8 Å². The Balaban J connectivity index is 1.47. The Morgan fingerprint density at radius 2 is 1.55 bits per heavy atom. The molecular weight excluding hydrogens is 382 g/mol. The molecule has 0 saturated heterocycles.